The molecule has 0 spiro atoms. The predicted molar refractivity (Wildman–Crippen MR) is 104 cm³/mol. The number of hydrazone groups is 1. The lowest BCUT2D eigenvalue weighted by atomic mass is 10.2. The highest BCUT2D eigenvalue weighted by molar-refractivity contribution is 9.10. The molecule has 2 aromatic rings. The number of carbonyl (C=O) groups excluding carboxylic acids is 1. The van der Waals surface area contributed by atoms with E-state index in [1.165, 1.54) is 20.4 Å². The molecule has 136 valence electrons. The highest BCUT2D eigenvalue weighted by atomic mass is 79.9. The minimum atomic E-state index is -0.370. The maximum atomic E-state index is 12.3. The fourth-order valence-electron chi connectivity index (χ4n) is 2.10. The van der Waals surface area contributed by atoms with Gasteiger partial charge in [-0.3, -0.25) is 4.79 Å². The van der Waals surface area contributed by atoms with Crippen LogP contribution in [0.5, 0.6) is 17.2 Å². The number of nitrogens with zero attached hydrogens (tertiary/aromatic N) is 1. The van der Waals surface area contributed by atoms with Gasteiger partial charge >= 0.3 is 0 Å². The Hall–Kier alpha value is -2.80. The quantitative estimate of drug-likeness (QED) is 0.402. The molecule has 0 unspecified atom stereocenters. The van der Waals surface area contributed by atoms with E-state index in [-0.39, 0.29) is 5.91 Å². The molecule has 1 N–H and O–H groups in total. The van der Waals surface area contributed by atoms with Crippen LogP contribution in [0.4, 0.5) is 0 Å². The molecule has 2 aromatic carbocycles. The summed E-state index contributed by atoms with van der Waals surface area (Å²) in [6.07, 6.45) is 3.17. The van der Waals surface area contributed by atoms with E-state index in [0.29, 0.717) is 35.0 Å². The topological polar surface area (TPSA) is 69.2 Å². The molecule has 0 aliphatic carbocycles. The van der Waals surface area contributed by atoms with Crippen molar-refractivity contribution < 1.29 is 19.0 Å². The van der Waals surface area contributed by atoms with Crippen molar-refractivity contribution in [2.75, 3.05) is 20.8 Å². The Morgan fingerprint density at radius 3 is 2.58 bits per heavy atom. The molecule has 0 aliphatic rings. The number of nitrogens with one attached hydrogen (secondary N) is 1. The lowest BCUT2D eigenvalue weighted by molar-refractivity contribution is 0.0954. The lowest BCUT2D eigenvalue weighted by Gasteiger charge is -2.09. The van der Waals surface area contributed by atoms with E-state index in [1.54, 1.807) is 24.3 Å². The average Bonchev–Trinajstić information content (AvgIpc) is 2.66. The molecular formula is C19H19BrN2O4. The third kappa shape index (κ3) is 5.10. The Bertz CT molecular complexity index is 821. The van der Waals surface area contributed by atoms with Crippen molar-refractivity contribution in [2.24, 2.45) is 5.10 Å². The van der Waals surface area contributed by atoms with Crippen molar-refractivity contribution in [2.45, 2.75) is 0 Å². The van der Waals surface area contributed by atoms with Gasteiger partial charge < -0.3 is 14.2 Å². The van der Waals surface area contributed by atoms with Crippen LogP contribution >= 0.6 is 15.9 Å². The fourth-order valence-corrected chi connectivity index (χ4v) is 2.48. The summed E-state index contributed by atoms with van der Waals surface area (Å²) in [7, 11) is 3.04. The SMILES string of the molecule is C=CCOc1ccc(Br)cc1C=NNC(=O)c1ccc(OC)c(OC)c1. The van der Waals surface area contributed by atoms with Crippen LogP contribution in [0.1, 0.15) is 15.9 Å². The van der Waals surface area contributed by atoms with Crippen LogP contribution in [0.25, 0.3) is 0 Å². The number of halogens is 1. The summed E-state index contributed by atoms with van der Waals surface area (Å²) in [6, 6.07) is 10.4. The standard InChI is InChI=1S/C19H19BrN2O4/c1-4-9-26-16-8-6-15(20)10-14(16)12-21-22-19(23)13-5-7-17(24-2)18(11-13)25-3/h4-8,10-12H,1,9H2,2-3H3,(H,22,23). The van der Waals surface area contributed by atoms with E-state index >= 15 is 0 Å². The number of carbonyl (C=O) groups is 1. The first-order valence-corrected chi connectivity index (χ1v) is 8.47. The molecular weight excluding hydrogens is 400 g/mol. The predicted octanol–water partition coefficient (Wildman–Crippen LogP) is 3.80. The van der Waals surface area contributed by atoms with E-state index in [0.717, 1.165) is 4.47 Å². The van der Waals surface area contributed by atoms with Crippen LogP contribution in [0.15, 0.2) is 58.6 Å². The van der Waals surface area contributed by atoms with Gasteiger partial charge in [0, 0.05) is 15.6 Å². The average molecular weight is 419 g/mol. The molecule has 2 rings (SSSR count). The molecule has 0 atom stereocenters. The normalized spacial score (nSPS) is 10.4. The van der Waals surface area contributed by atoms with Gasteiger partial charge in [0.25, 0.3) is 5.91 Å². The van der Waals surface area contributed by atoms with Crippen LogP contribution in [0, 0.1) is 0 Å². The number of amides is 1. The second-order valence-electron chi connectivity index (χ2n) is 5.05. The fraction of sp³-hybridized carbons (Fsp3) is 0.158. The zero-order valence-electron chi connectivity index (χ0n) is 14.5. The van der Waals surface area contributed by atoms with Gasteiger partial charge in [-0.1, -0.05) is 28.6 Å². The number of rotatable bonds is 8. The van der Waals surface area contributed by atoms with Gasteiger partial charge in [-0.25, -0.2) is 5.43 Å². The largest absolute Gasteiger partial charge is 0.493 e. The van der Waals surface area contributed by atoms with Crippen LogP contribution in [0.3, 0.4) is 0 Å². The van der Waals surface area contributed by atoms with Crippen molar-refractivity contribution in [3.8, 4) is 17.2 Å². The van der Waals surface area contributed by atoms with Crippen LogP contribution in [0.2, 0.25) is 0 Å². The number of ether oxygens (including phenoxy) is 3. The summed E-state index contributed by atoms with van der Waals surface area (Å²) in [6.45, 7) is 4.00. The zero-order chi connectivity index (χ0) is 18.9. The second-order valence-corrected chi connectivity index (χ2v) is 5.97. The molecule has 7 heteroatoms. The summed E-state index contributed by atoms with van der Waals surface area (Å²) in [5, 5.41) is 4.00. The minimum absolute atomic E-state index is 0.370. The van der Waals surface area contributed by atoms with Crippen molar-refractivity contribution >= 4 is 28.1 Å². The molecule has 26 heavy (non-hydrogen) atoms. The molecule has 0 fully saturated rings. The van der Waals surface area contributed by atoms with Crippen molar-refractivity contribution in [1.29, 1.82) is 0 Å². The molecule has 0 saturated carbocycles. The van der Waals surface area contributed by atoms with Crippen molar-refractivity contribution in [3.05, 3.63) is 64.7 Å². The summed E-state index contributed by atoms with van der Waals surface area (Å²) in [4.78, 5) is 12.3. The number of hydrogen-bond acceptors (Lipinski definition) is 5. The van der Waals surface area contributed by atoms with E-state index in [2.05, 4.69) is 33.0 Å². The van der Waals surface area contributed by atoms with Gasteiger partial charge in [-0.05, 0) is 36.4 Å². The maximum Gasteiger partial charge on any atom is 0.271 e. The summed E-state index contributed by atoms with van der Waals surface area (Å²) < 4.78 is 16.8. The van der Waals surface area contributed by atoms with E-state index in [4.69, 9.17) is 14.2 Å². The Morgan fingerprint density at radius 1 is 1.15 bits per heavy atom. The lowest BCUT2D eigenvalue weighted by Crippen LogP contribution is -2.17. The second kappa shape index (κ2) is 9.62. The molecule has 0 heterocycles. The first kappa shape index (κ1) is 19.5. The van der Waals surface area contributed by atoms with Gasteiger partial charge in [0.2, 0.25) is 0 Å². The van der Waals surface area contributed by atoms with Gasteiger partial charge in [0.1, 0.15) is 12.4 Å². The maximum absolute atomic E-state index is 12.3. The highest BCUT2D eigenvalue weighted by Gasteiger charge is 2.10. The first-order chi connectivity index (χ1) is 12.6. The number of benzene rings is 2. The minimum Gasteiger partial charge on any atom is -0.493 e. The van der Waals surface area contributed by atoms with Gasteiger partial charge in [-0.2, -0.15) is 5.10 Å². The molecule has 0 radical (unpaired) electrons. The highest BCUT2D eigenvalue weighted by Crippen LogP contribution is 2.27. The van der Waals surface area contributed by atoms with Crippen LogP contribution in [-0.4, -0.2) is 32.9 Å². The third-order valence-electron chi connectivity index (χ3n) is 3.34. The first-order valence-electron chi connectivity index (χ1n) is 7.67. The van der Waals surface area contributed by atoms with E-state index in [1.807, 2.05) is 18.2 Å². The van der Waals surface area contributed by atoms with Crippen molar-refractivity contribution in [3.63, 3.8) is 0 Å². The number of hydrogen-bond donors (Lipinski definition) is 1. The van der Waals surface area contributed by atoms with Gasteiger partial charge in [0.15, 0.2) is 11.5 Å². The molecule has 0 aromatic heterocycles. The summed E-state index contributed by atoms with van der Waals surface area (Å²) >= 11 is 3.40. The Kier molecular flexibility index (Phi) is 7.23. The molecule has 0 saturated heterocycles. The van der Waals surface area contributed by atoms with E-state index < -0.39 is 0 Å². The Morgan fingerprint density at radius 2 is 1.88 bits per heavy atom. The van der Waals surface area contributed by atoms with Gasteiger partial charge in [-0.15, -0.1) is 0 Å². The zero-order valence-corrected chi connectivity index (χ0v) is 16.1. The monoisotopic (exact) mass is 418 g/mol. The number of methoxy groups -OCH3 is 2. The molecule has 0 bridgehead atoms. The summed E-state index contributed by atoms with van der Waals surface area (Å²) in [5.74, 6) is 1.28. The van der Waals surface area contributed by atoms with Crippen LogP contribution in [-0.2, 0) is 0 Å². The third-order valence-corrected chi connectivity index (χ3v) is 3.84. The molecule has 6 nitrogen and oxygen atoms in total. The van der Waals surface area contributed by atoms with Crippen LogP contribution < -0.4 is 19.6 Å². The Balaban J connectivity index is 2.12. The summed E-state index contributed by atoms with van der Waals surface area (Å²) in [5.41, 5.74) is 3.60. The smallest absolute Gasteiger partial charge is 0.271 e. The Labute approximate surface area is 160 Å². The van der Waals surface area contributed by atoms with E-state index in [9.17, 15) is 4.79 Å². The molecule has 1 amide bonds. The van der Waals surface area contributed by atoms with Gasteiger partial charge in [0.05, 0.1) is 20.4 Å². The van der Waals surface area contributed by atoms with Crippen molar-refractivity contribution in [1.82, 2.24) is 5.43 Å². The molecule has 0 aliphatic heterocycles.